The van der Waals surface area contributed by atoms with E-state index in [4.69, 9.17) is 11.6 Å². The lowest BCUT2D eigenvalue weighted by molar-refractivity contribution is 0.141. The second kappa shape index (κ2) is 6.41. The monoisotopic (exact) mass is 300 g/mol. The molecule has 3 nitrogen and oxygen atoms in total. The average Bonchev–Trinajstić information content (AvgIpc) is 2.33. The molecular formula is C14H22ClN2OP. The first-order valence-corrected chi connectivity index (χ1v) is 9.82. The molecule has 1 aromatic rings. The summed E-state index contributed by atoms with van der Waals surface area (Å²) in [6.45, 7) is 8.82. The van der Waals surface area contributed by atoms with Gasteiger partial charge in [-0.25, -0.2) is 0 Å². The van der Waals surface area contributed by atoms with Crippen LogP contribution in [0, 0.1) is 0 Å². The summed E-state index contributed by atoms with van der Waals surface area (Å²) in [5, 5.41) is 0.787. The van der Waals surface area contributed by atoms with Gasteiger partial charge in [-0.15, -0.1) is 0 Å². The number of nitrogens with zero attached hydrogens (tertiary/aromatic N) is 2. The molecule has 19 heavy (non-hydrogen) atoms. The predicted octanol–water partition coefficient (Wildman–Crippen LogP) is 3.04. The van der Waals surface area contributed by atoms with Gasteiger partial charge in [0.2, 0.25) is 0 Å². The zero-order valence-electron chi connectivity index (χ0n) is 11.7. The Labute approximate surface area is 120 Å². The van der Waals surface area contributed by atoms with Crippen molar-refractivity contribution in [1.29, 1.82) is 0 Å². The van der Waals surface area contributed by atoms with E-state index in [9.17, 15) is 4.57 Å². The molecule has 1 aromatic carbocycles. The van der Waals surface area contributed by atoms with E-state index in [1.165, 1.54) is 5.56 Å². The maximum atomic E-state index is 11.8. The molecule has 0 amide bonds. The lowest BCUT2D eigenvalue weighted by atomic mass is 10.2. The Morgan fingerprint density at radius 1 is 1.05 bits per heavy atom. The molecule has 106 valence electrons. The molecular weight excluding hydrogens is 279 g/mol. The number of hydrogen-bond donors (Lipinski definition) is 0. The maximum Gasteiger partial charge on any atom is 0.0951 e. The molecule has 0 aromatic heterocycles. The van der Waals surface area contributed by atoms with Crippen LogP contribution < -0.4 is 0 Å². The van der Waals surface area contributed by atoms with Crippen LogP contribution in [-0.2, 0) is 11.1 Å². The summed E-state index contributed by atoms with van der Waals surface area (Å²) >= 11 is 5.89. The van der Waals surface area contributed by atoms with Gasteiger partial charge in [-0.2, -0.15) is 0 Å². The van der Waals surface area contributed by atoms with Gasteiger partial charge in [0, 0.05) is 37.7 Å². The molecule has 1 heterocycles. The van der Waals surface area contributed by atoms with E-state index in [1.807, 2.05) is 25.5 Å². The predicted molar refractivity (Wildman–Crippen MR) is 82.6 cm³/mol. The zero-order valence-corrected chi connectivity index (χ0v) is 13.3. The Morgan fingerprint density at radius 2 is 1.58 bits per heavy atom. The SMILES string of the molecule is CP(C)(=O)CN1CCN(Cc2ccc(Cl)cc2)CC1. The van der Waals surface area contributed by atoms with Crippen molar-refractivity contribution in [2.24, 2.45) is 0 Å². The molecule has 1 saturated heterocycles. The van der Waals surface area contributed by atoms with Gasteiger partial charge in [0.25, 0.3) is 0 Å². The minimum Gasteiger partial charge on any atom is -0.323 e. The van der Waals surface area contributed by atoms with Gasteiger partial charge < -0.3 is 4.57 Å². The fraction of sp³-hybridized carbons (Fsp3) is 0.571. The molecule has 1 aliphatic heterocycles. The van der Waals surface area contributed by atoms with Crippen LogP contribution in [0.15, 0.2) is 24.3 Å². The summed E-state index contributed by atoms with van der Waals surface area (Å²) in [6.07, 6.45) is 0.752. The minimum atomic E-state index is -1.93. The Hall–Kier alpha value is -0.340. The number of hydrogen-bond acceptors (Lipinski definition) is 3. The fourth-order valence-electron chi connectivity index (χ4n) is 2.42. The fourth-order valence-corrected chi connectivity index (χ4v) is 3.79. The summed E-state index contributed by atoms with van der Waals surface area (Å²) in [5.74, 6) is 0. The molecule has 0 saturated carbocycles. The van der Waals surface area contributed by atoms with E-state index in [-0.39, 0.29) is 0 Å². The molecule has 0 radical (unpaired) electrons. The summed E-state index contributed by atoms with van der Waals surface area (Å²) in [6, 6.07) is 8.05. The van der Waals surface area contributed by atoms with Crippen molar-refractivity contribution in [3.8, 4) is 0 Å². The van der Waals surface area contributed by atoms with E-state index in [0.717, 1.165) is 44.0 Å². The first-order valence-electron chi connectivity index (χ1n) is 6.65. The molecule has 5 heteroatoms. The highest BCUT2D eigenvalue weighted by Crippen LogP contribution is 2.36. The second-order valence-electron chi connectivity index (χ2n) is 5.74. The summed E-state index contributed by atoms with van der Waals surface area (Å²) in [4.78, 5) is 4.76. The first kappa shape index (κ1) is 15.1. The zero-order chi connectivity index (χ0) is 13.9. The van der Waals surface area contributed by atoms with Crippen molar-refractivity contribution in [2.75, 3.05) is 45.8 Å². The Balaban J connectivity index is 1.80. The van der Waals surface area contributed by atoms with E-state index < -0.39 is 7.14 Å². The molecule has 0 N–H and O–H groups in total. The average molecular weight is 301 g/mol. The Bertz CT molecular complexity index is 449. The van der Waals surface area contributed by atoms with E-state index >= 15 is 0 Å². The largest absolute Gasteiger partial charge is 0.323 e. The topological polar surface area (TPSA) is 23.6 Å². The smallest absolute Gasteiger partial charge is 0.0951 e. The molecule has 0 aliphatic carbocycles. The van der Waals surface area contributed by atoms with Gasteiger partial charge in [0.1, 0.15) is 0 Å². The molecule has 0 atom stereocenters. The molecule has 1 aliphatic rings. The number of rotatable bonds is 4. The van der Waals surface area contributed by atoms with Gasteiger partial charge in [-0.1, -0.05) is 23.7 Å². The van der Waals surface area contributed by atoms with E-state index in [2.05, 4.69) is 21.9 Å². The minimum absolute atomic E-state index is 0.752. The van der Waals surface area contributed by atoms with E-state index in [0.29, 0.717) is 0 Å². The van der Waals surface area contributed by atoms with Crippen molar-refractivity contribution in [1.82, 2.24) is 9.80 Å². The van der Waals surface area contributed by atoms with Gasteiger partial charge in [-0.05, 0) is 31.0 Å². The van der Waals surface area contributed by atoms with Crippen LogP contribution in [0.5, 0.6) is 0 Å². The lowest BCUT2D eigenvalue weighted by Crippen LogP contribution is -2.45. The molecule has 0 unspecified atom stereocenters. The maximum absolute atomic E-state index is 11.8. The number of halogens is 1. The lowest BCUT2D eigenvalue weighted by Gasteiger charge is -2.35. The van der Waals surface area contributed by atoms with Crippen LogP contribution >= 0.6 is 18.7 Å². The normalized spacial score (nSPS) is 18.7. The Kier molecular flexibility index (Phi) is 5.08. The number of piperazine rings is 1. The third-order valence-corrected chi connectivity index (χ3v) is 4.66. The standard InChI is InChI=1S/C14H22ClN2OP/c1-19(2,18)12-17-9-7-16(8-10-17)11-13-3-5-14(15)6-4-13/h3-6H,7-12H2,1-2H3. The van der Waals surface area contributed by atoms with Gasteiger partial charge in [0.15, 0.2) is 0 Å². The number of benzene rings is 1. The van der Waals surface area contributed by atoms with Crippen LogP contribution in [-0.4, -0.2) is 55.6 Å². The third kappa shape index (κ3) is 5.27. The van der Waals surface area contributed by atoms with Crippen molar-refractivity contribution in [3.63, 3.8) is 0 Å². The van der Waals surface area contributed by atoms with Crippen LogP contribution in [0.3, 0.4) is 0 Å². The molecule has 2 rings (SSSR count). The van der Waals surface area contributed by atoms with Crippen LogP contribution in [0.2, 0.25) is 5.02 Å². The second-order valence-corrected chi connectivity index (χ2v) is 9.60. The molecule has 0 bridgehead atoms. The van der Waals surface area contributed by atoms with Gasteiger partial charge >= 0.3 is 0 Å². The van der Waals surface area contributed by atoms with Crippen molar-refractivity contribution >= 4 is 18.7 Å². The van der Waals surface area contributed by atoms with E-state index in [1.54, 1.807) is 0 Å². The summed E-state index contributed by atoms with van der Waals surface area (Å²) in [5.41, 5.74) is 1.30. The van der Waals surface area contributed by atoms with Crippen molar-refractivity contribution < 1.29 is 4.57 Å². The van der Waals surface area contributed by atoms with Crippen molar-refractivity contribution in [3.05, 3.63) is 34.9 Å². The molecule has 1 fully saturated rings. The Morgan fingerprint density at radius 3 is 2.11 bits per heavy atom. The van der Waals surface area contributed by atoms with Crippen LogP contribution in [0.25, 0.3) is 0 Å². The highest BCUT2D eigenvalue weighted by molar-refractivity contribution is 7.62. The van der Waals surface area contributed by atoms with Gasteiger partial charge in [-0.3, -0.25) is 9.80 Å². The van der Waals surface area contributed by atoms with Crippen LogP contribution in [0.4, 0.5) is 0 Å². The first-order chi connectivity index (χ1) is 8.92. The van der Waals surface area contributed by atoms with Crippen molar-refractivity contribution in [2.45, 2.75) is 6.54 Å². The summed E-state index contributed by atoms with van der Waals surface area (Å²) < 4.78 is 11.8. The summed E-state index contributed by atoms with van der Waals surface area (Å²) in [7, 11) is -1.93. The highest BCUT2D eigenvalue weighted by atomic mass is 35.5. The molecule has 0 spiro atoms. The third-order valence-electron chi connectivity index (χ3n) is 3.32. The van der Waals surface area contributed by atoms with Crippen LogP contribution in [0.1, 0.15) is 5.56 Å². The van der Waals surface area contributed by atoms with Gasteiger partial charge in [0.05, 0.1) is 13.4 Å². The highest BCUT2D eigenvalue weighted by Gasteiger charge is 2.20. The quantitative estimate of drug-likeness (QED) is 0.799.